The minimum Gasteiger partial charge on any atom is -0.379 e. The summed E-state index contributed by atoms with van der Waals surface area (Å²) in [6.07, 6.45) is 6.50. The zero-order valence-electron chi connectivity index (χ0n) is 19.3. The van der Waals surface area contributed by atoms with Gasteiger partial charge in [0.2, 0.25) is 0 Å². The minimum atomic E-state index is -4.80. The Morgan fingerprint density at radius 2 is 1.91 bits per heavy atom. The summed E-state index contributed by atoms with van der Waals surface area (Å²) >= 11 is 0. The highest BCUT2D eigenvalue weighted by Gasteiger charge is 2.51. The van der Waals surface area contributed by atoms with E-state index in [-0.39, 0.29) is 17.2 Å². The number of halogens is 3. The highest BCUT2D eigenvalue weighted by atomic mass is 19.4. The van der Waals surface area contributed by atoms with E-state index in [1.54, 1.807) is 23.0 Å². The number of alkyl halides is 3. The number of nitrogens with zero attached hydrogens (tertiary/aromatic N) is 3. The molecule has 1 saturated heterocycles. The number of nitrogens with one attached hydrogen (secondary N) is 2. The summed E-state index contributed by atoms with van der Waals surface area (Å²) < 4.78 is 46.4. The SMILES string of the molecule is C#C.CC#N.CC(O)(c1ccc(Nc2nn([C@@H]3CCCOC3)c3cc[nH]c(=O)c23)cc1)C(F)(F)F. The van der Waals surface area contributed by atoms with Crippen molar-refractivity contribution in [3.63, 3.8) is 0 Å². The molecule has 0 spiro atoms. The number of ether oxygens (including phenoxy) is 1. The van der Waals surface area contributed by atoms with Crippen LogP contribution < -0.4 is 10.9 Å². The summed E-state index contributed by atoms with van der Waals surface area (Å²) in [5.74, 6) is 0.299. The summed E-state index contributed by atoms with van der Waals surface area (Å²) in [7, 11) is 0. The first-order chi connectivity index (χ1) is 16.6. The molecular weight excluding hydrogens is 463 g/mol. The molecule has 1 aromatic carbocycles. The third kappa shape index (κ3) is 6.01. The number of hydrogen-bond donors (Lipinski definition) is 3. The Morgan fingerprint density at radius 1 is 1.29 bits per heavy atom. The van der Waals surface area contributed by atoms with Crippen molar-refractivity contribution in [2.75, 3.05) is 18.5 Å². The van der Waals surface area contributed by atoms with Crippen molar-refractivity contribution in [3.05, 3.63) is 52.4 Å². The zero-order chi connectivity index (χ0) is 26.2. The Kier molecular flexibility index (Phi) is 9.06. The predicted octanol–water partition coefficient (Wildman–Crippen LogP) is 4.37. The highest BCUT2D eigenvalue weighted by Crippen LogP contribution is 2.39. The normalized spacial score (nSPS) is 17.1. The number of hydrogen-bond acceptors (Lipinski definition) is 6. The monoisotopic (exact) mass is 489 g/mol. The number of nitriles is 1. The Morgan fingerprint density at radius 3 is 2.46 bits per heavy atom. The molecule has 8 nitrogen and oxygen atoms in total. The van der Waals surface area contributed by atoms with Gasteiger partial charge in [-0.25, -0.2) is 0 Å². The molecule has 1 fully saturated rings. The number of aromatic amines is 1. The van der Waals surface area contributed by atoms with Crippen LogP contribution in [0.5, 0.6) is 0 Å². The maximum Gasteiger partial charge on any atom is 0.421 e. The maximum atomic E-state index is 13.0. The van der Waals surface area contributed by atoms with E-state index in [1.165, 1.54) is 31.2 Å². The average Bonchev–Trinajstić information content (AvgIpc) is 3.21. The Bertz CT molecular complexity index is 1230. The third-order valence-corrected chi connectivity index (χ3v) is 5.37. The van der Waals surface area contributed by atoms with Crippen molar-refractivity contribution < 1.29 is 23.0 Å². The van der Waals surface area contributed by atoms with E-state index in [2.05, 4.69) is 28.2 Å². The van der Waals surface area contributed by atoms with Gasteiger partial charge in [-0.1, -0.05) is 12.1 Å². The van der Waals surface area contributed by atoms with Crippen molar-refractivity contribution >= 4 is 22.4 Å². The number of terminal acetylenes is 1. The number of H-pyrrole nitrogens is 1. The molecule has 0 amide bonds. The smallest absolute Gasteiger partial charge is 0.379 e. The first-order valence-corrected chi connectivity index (χ1v) is 10.6. The van der Waals surface area contributed by atoms with Gasteiger partial charge >= 0.3 is 6.18 Å². The van der Waals surface area contributed by atoms with E-state index >= 15 is 0 Å². The molecule has 0 radical (unpaired) electrons. The Balaban J connectivity index is 0.000000803. The first kappa shape index (κ1) is 27.4. The second-order valence-corrected chi connectivity index (χ2v) is 7.73. The fourth-order valence-electron chi connectivity index (χ4n) is 3.56. The summed E-state index contributed by atoms with van der Waals surface area (Å²) in [5.41, 5.74) is -2.49. The van der Waals surface area contributed by atoms with Crippen LogP contribution in [0, 0.1) is 24.2 Å². The van der Waals surface area contributed by atoms with E-state index in [0.29, 0.717) is 42.5 Å². The van der Waals surface area contributed by atoms with E-state index in [4.69, 9.17) is 10.00 Å². The molecule has 1 aliphatic rings. The fraction of sp³-hybridized carbons (Fsp3) is 0.375. The molecule has 186 valence electrons. The van der Waals surface area contributed by atoms with Gasteiger partial charge in [0.25, 0.3) is 5.56 Å². The van der Waals surface area contributed by atoms with Crippen molar-refractivity contribution in [3.8, 4) is 18.9 Å². The second-order valence-electron chi connectivity index (χ2n) is 7.73. The number of aliphatic hydroxyl groups is 1. The number of benzene rings is 1. The number of anilines is 2. The van der Waals surface area contributed by atoms with Gasteiger partial charge in [-0.15, -0.1) is 12.8 Å². The van der Waals surface area contributed by atoms with Gasteiger partial charge in [-0.05, 0) is 43.5 Å². The second kappa shape index (κ2) is 11.6. The van der Waals surface area contributed by atoms with Crippen LogP contribution >= 0.6 is 0 Å². The molecule has 3 aromatic rings. The summed E-state index contributed by atoms with van der Waals surface area (Å²) in [5, 5.41) is 25.0. The Labute approximate surface area is 200 Å². The number of fused-ring (bicyclic) bond motifs is 1. The van der Waals surface area contributed by atoms with E-state index in [1.807, 2.05) is 0 Å². The quantitative estimate of drug-likeness (QED) is 0.469. The van der Waals surface area contributed by atoms with E-state index < -0.39 is 11.8 Å². The van der Waals surface area contributed by atoms with Crippen molar-refractivity contribution in [1.82, 2.24) is 14.8 Å². The molecule has 35 heavy (non-hydrogen) atoms. The van der Waals surface area contributed by atoms with Crippen LogP contribution in [0.1, 0.15) is 38.3 Å². The molecule has 3 heterocycles. The lowest BCUT2D eigenvalue weighted by Gasteiger charge is -2.26. The number of pyridine rings is 1. The lowest BCUT2D eigenvalue weighted by atomic mass is 9.95. The van der Waals surface area contributed by atoms with Crippen LogP contribution in [0.3, 0.4) is 0 Å². The van der Waals surface area contributed by atoms with Gasteiger partial charge in [0.1, 0.15) is 5.39 Å². The lowest BCUT2D eigenvalue weighted by Crippen LogP contribution is -2.39. The van der Waals surface area contributed by atoms with Gasteiger partial charge in [0.05, 0.1) is 24.2 Å². The van der Waals surface area contributed by atoms with Crippen LogP contribution in [0.15, 0.2) is 41.3 Å². The topological polar surface area (TPSA) is 116 Å². The summed E-state index contributed by atoms with van der Waals surface area (Å²) in [6, 6.07) is 8.68. The van der Waals surface area contributed by atoms with Gasteiger partial charge in [0, 0.05) is 25.4 Å². The first-order valence-electron chi connectivity index (χ1n) is 10.6. The van der Waals surface area contributed by atoms with Crippen molar-refractivity contribution in [1.29, 1.82) is 5.26 Å². The van der Waals surface area contributed by atoms with Crippen LogP contribution in [0.25, 0.3) is 10.9 Å². The number of aromatic nitrogens is 3. The summed E-state index contributed by atoms with van der Waals surface area (Å²) in [4.78, 5) is 15.1. The zero-order valence-corrected chi connectivity index (χ0v) is 19.3. The largest absolute Gasteiger partial charge is 0.421 e. The Hall–Kier alpha value is -3.80. The lowest BCUT2D eigenvalue weighted by molar-refractivity contribution is -0.258. The maximum absolute atomic E-state index is 13.0. The van der Waals surface area contributed by atoms with Gasteiger partial charge in [-0.2, -0.15) is 23.5 Å². The molecule has 1 aliphatic heterocycles. The molecule has 1 unspecified atom stereocenters. The number of rotatable bonds is 4. The molecule has 2 aromatic heterocycles. The molecule has 11 heteroatoms. The molecule has 0 saturated carbocycles. The van der Waals surface area contributed by atoms with Crippen molar-refractivity contribution in [2.45, 2.75) is 44.5 Å². The van der Waals surface area contributed by atoms with E-state index in [9.17, 15) is 23.1 Å². The fourth-order valence-corrected chi connectivity index (χ4v) is 3.56. The summed E-state index contributed by atoms with van der Waals surface area (Å²) in [6.45, 7) is 3.32. The minimum absolute atomic E-state index is 0.0112. The predicted molar refractivity (Wildman–Crippen MR) is 126 cm³/mol. The molecule has 0 bridgehead atoms. The van der Waals surface area contributed by atoms with E-state index in [0.717, 1.165) is 12.8 Å². The van der Waals surface area contributed by atoms with Crippen LogP contribution in [-0.2, 0) is 10.3 Å². The molecule has 2 atom stereocenters. The molecule has 3 N–H and O–H groups in total. The van der Waals surface area contributed by atoms with Crippen LogP contribution in [-0.4, -0.2) is 39.3 Å². The highest BCUT2D eigenvalue weighted by molar-refractivity contribution is 5.91. The van der Waals surface area contributed by atoms with Crippen LogP contribution in [0.4, 0.5) is 24.7 Å². The van der Waals surface area contributed by atoms with Gasteiger partial charge in [-0.3, -0.25) is 9.48 Å². The molecule has 0 aliphatic carbocycles. The van der Waals surface area contributed by atoms with Crippen LogP contribution in [0.2, 0.25) is 0 Å². The third-order valence-electron chi connectivity index (χ3n) is 5.37. The molecule has 4 rings (SSSR count). The van der Waals surface area contributed by atoms with Gasteiger partial charge in [0.15, 0.2) is 11.4 Å². The standard InChI is InChI=1S/C20H21F3N4O3.C2H3N.C2H2/c1-19(29,20(21,22)23)12-4-6-13(7-5-12)25-17-16-15(8-9-24-18(16)28)27(26-17)14-3-2-10-30-11-14;1-2-3;1-2/h4-9,14,29H,2-3,10-11H2,1H3,(H,24,28)(H,25,26);1H3;1-2H/t14-,19?;;/m1../s1. The van der Waals surface area contributed by atoms with Gasteiger partial charge < -0.3 is 20.1 Å². The molecular formula is C24H26F3N5O3. The average molecular weight is 489 g/mol. The van der Waals surface area contributed by atoms with Crippen molar-refractivity contribution in [2.24, 2.45) is 0 Å².